The molecule has 16 nitrogen and oxygen atoms in total. The van der Waals surface area contributed by atoms with Gasteiger partial charge in [0.15, 0.2) is 11.5 Å². The zero-order valence-electron chi connectivity index (χ0n) is 30.6. The van der Waals surface area contributed by atoms with Gasteiger partial charge in [-0.05, 0) is 64.9 Å². The molecule has 272 valence electrons. The molecule has 0 radical (unpaired) electrons. The number of aromatic nitrogens is 6. The van der Waals surface area contributed by atoms with Crippen LogP contribution in [0.15, 0.2) is 59.3 Å². The van der Waals surface area contributed by atoms with E-state index in [1.165, 1.54) is 6.92 Å². The molecule has 1 aliphatic rings. The van der Waals surface area contributed by atoms with Gasteiger partial charge in [0.25, 0.3) is 8.53 Å². The number of hydrogen-bond acceptors (Lipinski definition) is 13. The van der Waals surface area contributed by atoms with Crippen LogP contribution in [0.2, 0.25) is 0 Å². The number of hydrogen-bond donors (Lipinski definition) is 3. The summed E-state index contributed by atoms with van der Waals surface area (Å²) in [7, 11) is -1.55. The number of imidazole rings is 1. The molecule has 0 bridgehead atoms. The number of rotatable bonds is 14. The number of nitrogens with zero attached hydrogens (tertiary/aromatic N) is 8. The molecule has 4 atom stereocenters. The monoisotopic (exact) mass is 728 g/mol. The van der Waals surface area contributed by atoms with Gasteiger partial charge in [0.2, 0.25) is 30.2 Å². The van der Waals surface area contributed by atoms with Crippen LogP contribution in [0.25, 0.3) is 38.9 Å². The van der Waals surface area contributed by atoms with E-state index in [0.717, 1.165) is 5.56 Å². The van der Waals surface area contributed by atoms with Crippen molar-refractivity contribution in [3.8, 4) is 22.9 Å². The predicted octanol–water partition coefficient (Wildman–Crippen LogP) is 6.80. The maximum Gasteiger partial charge on any atom is 0.259 e. The van der Waals surface area contributed by atoms with Gasteiger partial charge in [0.05, 0.1) is 29.9 Å². The standard InChI is InChI=1S/C35H42N11O5P/c1-20(2)46(21(3)4)52(48-16-15-37-7)51-28-18-29(49-22(28)5)45-19-38-30-31(36)41-35(42-32(30)45)40-27-17-25(13-14-26(27)39-23(6)47)34-44-43-33(50-34)24-11-9-8-10-12-24/h8-14,17,19-22,28-29H,15-16,18H2,1-6H3,(H,39,47)(H3,36,40,41,42)/t22-,28-,29-,52?/m1/s1/i5D. The molecule has 4 N–H and O–H groups in total. The highest BCUT2D eigenvalue weighted by Gasteiger charge is 2.39. The zero-order valence-corrected chi connectivity index (χ0v) is 30.4. The molecule has 1 unspecified atom stereocenters. The Hall–Kier alpha value is -5.04. The van der Waals surface area contributed by atoms with Crippen LogP contribution in [0.5, 0.6) is 0 Å². The van der Waals surface area contributed by atoms with Crippen molar-refractivity contribution in [3.05, 3.63) is 66.3 Å². The summed E-state index contributed by atoms with van der Waals surface area (Å²) in [4.78, 5) is 29.3. The van der Waals surface area contributed by atoms with Gasteiger partial charge in [-0.25, -0.2) is 16.2 Å². The molecule has 6 rings (SSSR count). The van der Waals surface area contributed by atoms with Crippen LogP contribution < -0.4 is 16.4 Å². The highest BCUT2D eigenvalue weighted by atomic mass is 31.2. The Bertz CT molecular complexity index is 2060. The molecule has 52 heavy (non-hydrogen) atoms. The van der Waals surface area contributed by atoms with Crippen molar-refractivity contribution in [2.75, 3.05) is 29.5 Å². The Kier molecular flexibility index (Phi) is 11.0. The highest BCUT2D eigenvalue weighted by Crippen LogP contribution is 2.50. The van der Waals surface area contributed by atoms with Crippen molar-refractivity contribution in [2.24, 2.45) is 0 Å². The summed E-state index contributed by atoms with van der Waals surface area (Å²) in [5.41, 5.74) is 9.47. The second-order valence-corrected chi connectivity index (χ2v) is 14.0. The summed E-state index contributed by atoms with van der Waals surface area (Å²) in [6.45, 7) is 17.3. The number of benzene rings is 2. The van der Waals surface area contributed by atoms with Crippen molar-refractivity contribution in [2.45, 2.75) is 78.5 Å². The molecule has 1 saturated heterocycles. The van der Waals surface area contributed by atoms with Crippen molar-refractivity contribution in [1.82, 2.24) is 34.4 Å². The minimum absolute atomic E-state index is 0.0402. The number of ether oxygens (including phenoxy) is 1. The topological polar surface area (TPSA) is 185 Å². The van der Waals surface area contributed by atoms with Crippen LogP contribution in [0.3, 0.4) is 0 Å². The van der Waals surface area contributed by atoms with Crippen LogP contribution in [0, 0.1) is 6.57 Å². The molecule has 1 amide bonds. The number of nitrogen functional groups attached to an aromatic ring is 1. The lowest BCUT2D eigenvalue weighted by molar-refractivity contribution is -0.114. The van der Waals surface area contributed by atoms with E-state index in [1.807, 2.05) is 30.3 Å². The van der Waals surface area contributed by atoms with Crippen LogP contribution >= 0.6 is 8.53 Å². The molecular weight excluding hydrogens is 685 g/mol. The fraction of sp³-hybridized carbons (Fsp3) is 0.400. The number of carbonyl (C=O) groups is 1. The first-order chi connectivity index (χ1) is 25.6. The van der Waals surface area contributed by atoms with E-state index in [4.69, 9.17) is 36.9 Å². The van der Waals surface area contributed by atoms with Gasteiger partial charge in [-0.2, -0.15) is 9.97 Å². The molecule has 1 fully saturated rings. The first-order valence-electron chi connectivity index (χ1n) is 17.5. The number of nitrogens with two attached hydrogens (primary N) is 1. The fourth-order valence-corrected chi connectivity index (χ4v) is 7.58. The van der Waals surface area contributed by atoms with Gasteiger partial charge in [-0.15, -0.1) is 10.2 Å². The van der Waals surface area contributed by atoms with Crippen LogP contribution in [-0.2, 0) is 18.6 Å². The summed E-state index contributed by atoms with van der Waals surface area (Å²) < 4.78 is 37.2. The second-order valence-electron chi connectivity index (χ2n) is 12.6. The average molecular weight is 729 g/mol. The van der Waals surface area contributed by atoms with Gasteiger partial charge in [-0.1, -0.05) is 18.2 Å². The summed E-state index contributed by atoms with van der Waals surface area (Å²) in [6.07, 6.45) is 0.366. The third kappa shape index (κ3) is 8.20. The van der Waals surface area contributed by atoms with Crippen LogP contribution in [0.1, 0.15) is 55.5 Å². The average Bonchev–Trinajstić information content (AvgIpc) is 3.88. The molecule has 0 aliphatic carbocycles. The highest BCUT2D eigenvalue weighted by molar-refractivity contribution is 7.44. The lowest BCUT2D eigenvalue weighted by Crippen LogP contribution is -2.35. The Morgan fingerprint density at radius 2 is 1.88 bits per heavy atom. The van der Waals surface area contributed by atoms with E-state index in [1.54, 1.807) is 29.1 Å². The van der Waals surface area contributed by atoms with E-state index < -0.39 is 27.0 Å². The van der Waals surface area contributed by atoms with Gasteiger partial charge < -0.3 is 39.4 Å². The van der Waals surface area contributed by atoms with E-state index in [0.29, 0.717) is 40.4 Å². The zero-order chi connectivity index (χ0) is 37.6. The van der Waals surface area contributed by atoms with E-state index in [9.17, 15) is 4.79 Å². The molecule has 4 heterocycles. The van der Waals surface area contributed by atoms with Crippen molar-refractivity contribution < 1.29 is 24.4 Å². The van der Waals surface area contributed by atoms with Crippen LogP contribution in [0.4, 0.5) is 23.1 Å². The van der Waals surface area contributed by atoms with Gasteiger partial charge in [0, 0.05) is 37.9 Å². The molecule has 0 spiro atoms. The molecule has 17 heteroatoms. The first-order valence-corrected chi connectivity index (χ1v) is 17.9. The fourth-order valence-electron chi connectivity index (χ4n) is 5.83. The second kappa shape index (κ2) is 16.1. The Labute approximate surface area is 304 Å². The molecule has 0 saturated carbocycles. The maximum atomic E-state index is 12.1. The third-order valence-corrected chi connectivity index (χ3v) is 10.2. The summed E-state index contributed by atoms with van der Waals surface area (Å²) in [6, 6.07) is 14.9. The minimum Gasteiger partial charge on any atom is -0.416 e. The van der Waals surface area contributed by atoms with E-state index >= 15 is 0 Å². The third-order valence-electron chi connectivity index (χ3n) is 8.09. The number of anilines is 4. The summed E-state index contributed by atoms with van der Waals surface area (Å²) >= 11 is 0. The van der Waals surface area contributed by atoms with Crippen LogP contribution in [-0.4, -0.2) is 77.7 Å². The molecule has 2 aromatic carbocycles. The molecular formula is C35H42N11O5P. The summed E-state index contributed by atoms with van der Waals surface area (Å²) in [5, 5.41) is 14.5. The van der Waals surface area contributed by atoms with Gasteiger partial charge in [-0.3, -0.25) is 9.36 Å². The van der Waals surface area contributed by atoms with Gasteiger partial charge in [0.1, 0.15) is 18.4 Å². The largest absolute Gasteiger partial charge is 0.416 e. The number of fused-ring (bicyclic) bond motifs is 1. The maximum absolute atomic E-state index is 12.1. The van der Waals surface area contributed by atoms with Crippen molar-refractivity contribution >= 4 is 48.7 Å². The Balaban J connectivity index is 1.28. The number of carbonyl (C=O) groups excluding carboxylic acids is 1. The Morgan fingerprint density at radius 1 is 1.13 bits per heavy atom. The SMILES string of the molecule is [2H]C[C@H]1O[C@@H](n2cnc3c(N)nc(Nc4cc(-c5nnc(-c6ccccc6)o5)ccc4NC(C)=O)nc32)C[C@H]1OP(OCC[N+]#[C-])N(C(C)C)C(C)C. The molecule has 5 aromatic rings. The lowest BCUT2D eigenvalue weighted by Gasteiger charge is -2.36. The smallest absolute Gasteiger partial charge is 0.259 e. The van der Waals surface area contributed by atoms with Crippen molar-refractivity contribution in [3.63, 3.8) is 0 Å². The quantitative estimate of drug-likeness (QED) is 0.0617. The minimum atomic E-state index is -1.55. The Morgan fingerprint density at radius 3 is 2.58 bits per heavy atom. The molecule has 3 aromatic heterocycles. The number of nitrogens with one attached hydrogen (secondary N) is 2. The lowest BCUT2D eigenvalue weighted by atomic mass is 10.1. The normalized spacial score (nSPS) is 18.2. The number of amides is 1. The summed E-state index contributed by atoms with van der Waals surface area (Å²) in [5.74, 6) is 0.636. The molecule has 1 aliphatic heterocycles. The van der Waals surface area contributed by atoms with E-state index in [2.05, 4.69) is 68.0 Å². The predicted molar refractivity (Wildman–Crippen MR) is 198 cm³/mol. The van der Waals surface area contributed by atoms with Crippen molar-refractivity contribution in [1.29, 1.82) is 0 Å². The van der Waals surface area contributed by atoms with E-state index in [-0.39, 0.29) is 55.7 Å². The first kappa shape index (κ1) is 35.4. The van der Waals surface area contributed by atoms with Gasteiger partial charge >= 0.3 is 0 Å².